The Kier molecular flexibility index (Phi) is 5.77. The van der Waals surface area contributed by atoms with Gasteiger partial charge in [-0.3, -0.25) is 9.59 Å². The van der Waals surface area contributed by atoms with Crippen molar-refractivity contribution in [2.24, 2.45) is 5.92 Å². The highest BCUT2D eigenvalue weighted by atomic mass is 19.1. The van der Waals surface area contributed by atoms with Crippen molar-refractivity contribution in [1.29, 1.82) is 0 Å². The summed E-state index contributed by atoms with van der Waals surface area (Å²) in [5, 5.41) is 5.51. The Labute approximate surface area is 179 Å². The van der Waals surface area contributed by atoms with Crippen LogP contribution in [0.2, 0.25) is 0 Å². The molecule has 9 heteroatoms. The molecule has 164 valence electrons. The van der Waals surface area contributed by atoms with Gasteiger partial charge < -0.3 is 25.0 Å². The molecule has 1 aromatic heterocycles. The number of carbonyl (C=O) groups is 2. The van der Waals surface area contributed by atoms with E-state index >= 15 is 0 Å². The van der Waals surface area contributed by atoms with E-state index < -0.39 is 0 Å². The minimum Gasteiger partial charge on any atom is -0.324 e. The summed E-state index contributed by atoms with van der Waals surface area (Å²) >= 11 is 0. The molecule has 2 aliphatic rings. The molecule has 4 rings (SSSR count). The summed E-state index contributed by atoms with van der Waals surface area (Å²) in [5.41, 5.74) is 1.49. The van der Waals surface area contributed by atoms with Gasteiger partial charge in [0.2, 0.25) is 5.91 Å². The summed E-state index contributed by atoms with van der Waals surface area (Å²) in [5.74, 6) is -0.395. The van der Waals surface area contributed by atoms with Crippen molar-refractivity contribution in [3.63, 3.8) is 0 Å². The van der Waals surface area contributed by atoms with Gasteiger partial charge in [-0.25, -0.2) is 9.18 Å². The van der Waals surface area contributed by atoms with Crippen LogP contribution in [0, 0.1) is 11.7 Å². The van der Waals surface area contributed by atoms with Gasteiger partial charge in [0.15, 0.2) is 0 Å². The van der Waals surface area contributed by atoms with Crippen LogP contribution in [0.4, 0.5) is 20.6 Å². The van der Waals surface area contributed by atoms with E-state index in [1.54, 1.807) is 34.5 Å². The average Bonchev–Trinajstić information content (AvgIpc) is 2.71. The number of amides is 3. The van der Waals surface area contributed by atoms with Gasteiger partial charge in [0, 0.05) is 36.9 Å². The number of likely N-dealkylation sites (tertiary alicyclic amines) is 1. The largest absolute Gasteiger partial charge is 0.324 e. The minimum atomic E-state index is -0.357. The van der Waals surface area contributed by atoms with Crippen molar-refractivity contribution in [3.8, 4) is 0 Å². The van der Waals surface area contributed by atoms with E-state index in [-0.39, 0.29) is 47.4 Å². The number of hydrogen-bond acceptors (Lipinski definition) is 4. The zero-order chi connectivity index (χ0) is 22.1. The summed E-state index contributed by atoms with van der Waals surface area (Å²) in [7, 11) is 3.58. The maximum Gasteiger partial charge on any atom is 0.321 e. The van der Waals surface area contributed by atoms with Gasteiger partial charge in [-0.05, 0) is 62.8 Å². The monoisotopic (exact) mass is 427 g/mol. The first kappa shape index (κ1) is 21.0. The van der Waals surface area contributed by atoms with E-state index in [4.69, 9.17) is 0 Å². The number of urea groups is 1. The number of aromatic nitrogens is 1. The van der Waals surface area contributed by atoms with Crippen molar-refractivity contribution in [1.82, 2.24) is 14.4 Å². The molecule has 2 N–H and O–H groups in total. The molecular formula is C22H26FN5O3. The zero-order valence-electron chi connectivity index (χ0n) is 17.6. The number of carbonyl (C=O) groups excluding carboxylic acids is 2. The first-order valence-electron chi connectivity index (χ1n) is 10.3. The van der Waals surface area contributed by atoms with E-state index in [2.05, 4.69) is 10.6 Å². The van der Waals surface area contributed by atoms with E-state index in [1.165, 1.54) is 24.3 Å². The molecule has 0 spiro atoms. The molecule has 1 saturated heterocycles. The maximum absolute atomic E-state index is 13.1. The van der Waals surface area contributed by atoms with E-state index in [1.807, 2.05) is 6.07 Å². The summed E-state index contributed by atoms with van der Waals surface area (Å²) in [6, 6.07) is 8.95. The highest BCUT2D eigenvalue weighted by molar-refractivity contribution is 5.92. The number of anilines is 2. The molecule has 31 heavy (non-hydrogen) atoms. The standard InChI is InChI=1S/C22H26FN5O3/c1-26(2)13-20(29)25-18-7-8-19-15-9-14(11-28(19)21(18)30)10-27(12-15)22(31)24-17-5-3-16(23)4-6-17/h3-8,14-15H,9-13H2,1-2H3,(H,24,31)(H,25,29). The second-order valence-corrected chi connectivity index (χ2v) is 8.51. The quantitative estimate of drug-likeness (QED) is 0.783. The van der Waals surface area contributed by atoms with Gasteiger partial charge in [0.1, 0.15) is 11.5 Å². The lowest BCUT2D eigenvalue weighted by molar-refractivity contribution is -0.116. The number of fused-ring (bicyclic) bond motifs is 4. The Bertz CT molecular complexity index is 1050. The van der Waals surface area contributed by atoms with Crippen LogP contribution in [0.3, 0.4) is 0 Å². The highest BCUT2D eigenvalue weighted by Gasteiger charge is 2.36. The molecular weight excluding hydrogens is 401 g/mol. The average molecular weight is 427 g/mol. The fraction of sp³-hybridized carbons (Fsp3) is 0.409. The lowest BCUT2D eigenvalue weighted by Gasteiger charge is -2.42. The van der Waals surface area contributed by atoms with E-state index in [9.17, 15) is 18.8 Å². The van der Waals surface area contributed by atoms with Crippen molar-refractivity contribution in [2.45, 2.75) is 18.9 Å². The number of benzene rings is 1. The molecule has 1 fully saturated rings. The normalized spacial score (nSPS) is 19.7. The van der Waals surface area contributed by atoms with Crippen molar-refractivity contribution in [2.75, 3.05) is 44.4 Å². The van der Waals surface area contributed by atoms with Crippen molar-refractivity contribution < 1.29 is 14.0 Å². The van der Waals surface area contributed by atoms with Gasteiger partial charge in [0.05, 0.1) is 6.54 Å². The Hall–Kier alpha value is -3.20. The van der Waals surface area contributed by atoms with Crippen LogP contribution in [0.1, 0.15) is 18.0 Å². The number of halogens is 1. The summed E-state index contributed by atoms with van der Waals surface area (Å²) in [6.07, 6.45) is 0.909. The van der Waals surface area contributed by atoms with Crippen LogP contribution in [0.5, 0.6) is 0 Å². The highest BCUT2D eigenvalue weighted by Crippen LogP contribution is 2.35. The molecule has 0 radical (unpaired) electrons. The third kappa shape index (κ3) is 4.61. The number of piperidine rings is 1. The predicted molar refractivity (Wildman–Crippen MR) is 116 cm³/mol. The molecule has 2 atom stereocenters. The summed E-state index contributed by atoms with van der Waals surface area (Å²) in [6.45, 7) is 1.73. The topological polar surface area (TPSA) is 86.7 Å². The van der Waals surface area contributed by atoms with Crippen LogP contribution >= 0.6 is 0 Å². The predicted octanol–water partition coefficient (Wildman–Crippen LogP) is 2.14. The van der Waals surface area contributed by atoms with Crippen LogP contribution in [-0.2, 0) is 11.3 Å². The lowest BCUT2D eigenvalue weighted by Crippen LogP contribution is -2.50. The summed E-state index contributed by atoms with van der Waals surface area (Å²) < 4.78 is 14.8. The number of rotatable bonds is 4. The number of nitrogens with zero attached hydrogens (tertiary/aromatic N) is 3. The van der Waals surface area contributed by atoms with Crippen molar-refractivity contribution in [3.05, 3.63) is 58.3 Å². The fourth-order valence-corrected chi connectivity index (χ4v) is 4.42. The van der Waals surface area contributed by atoms with Gasteiger partial charge in [-0.15, -0.1) is 0 Å². The molecule has 1 aromatic carbocycles. The number of nitrogens with one attached hydrogen (secondary N) is 2. The SMILES string of the molecule is CN(C)CC(=O)Nc1ccc2n(c1=O)CC1CC2CN(C(=O)Nc2ccc(F)cc2)C1. The molecule has 2 unspecified atom stereocenters. The maximum atomic E-state index is 13.1. The minimum absolute atomic E-state index is 0.0469. The molecule has 2 aromatic rings. The Morgan fingerprint density at radius 3 is 2.52 bits per heavy atom. The molecule has 3 heterocycles. The molecule has 3 amide bonds. The molecule has 0 aliphatic carbocycles. The van der Waals surface area contributed by atoms with E-state index in [0.717, 1.165) is 12.1 Å². The third-order valence-corrected chi connectivity index (χ3v) is 5.72. The Balaban J connectivity index is 1.49. The second-order valence-electron chi connectivity index (χ2n) is 8.51. The van der Waals surface area contributed by atoms with Crippen LogP contribution in [0.15, 0.2) is 41.2 Å². The third-order valence-electron chi connectivity index (χ3n) is 5.72. The van der Waals surface area contributed by atoms with Crippen LogP contribution in [-0.4, -0.2) is 60.0 Å². The number of pyridine rings is 1. The second kappa shape index (κ2) is 8.50. The fourth-order valence-electron chi connectivity index (χ4n) is 4.42. The van der Waals surface area contributed by atoms with E-state index in [0.29, 0.717) is 25.3 Å². The molecule has 8 nitrogen and oxygen atoms in total. The van der Waals surface area contributed by atoms with Crippen LogP contribution in [0.25, 0.3) is 0 Å². The Morgan fingerprint density at radius 1 is 1.06 bits per heavy atom. The smallest absolute Gasteiger partial charge is 0.321 e. The molecule has 0 saturated carbocycles. The van der Waals surface area contributed by atoms with Gasteiger partial charge in [-0.1, -0.05) is 0 Å². The lowest BCUT2D eigenvalue weighted by atomic mass is 9.83. The van der Waals surface area contributed by atoms with Crippen LogP contribution < -0.4 is 16.2 Å². The summed E-state index contributed by atoms with van der Waals surface area (Å²) in [4.78, 5) is 41.2. The first-order chi connectivity index (χ1) is 14.8. The first-order valence-corrected chi connectivity index (χ1v) is 10.3. The number of hydrogen-bond donors (Lipinski definition) is 2. The van der Waals surface area contributed by atoms with Crippen molar-refractivity contribution >= 4 is 23.3 Å². The van der Waals surface area contributed by atoms with Gasteiger partial charge in [0.25, 0.3) is 5.56 Å². The molecule has 2 aliphatic heterocycles. The Morgan fingerprint density at radius 2 is 1.81 bits per heavy atom. The molecule has 2 bridgehead atoms. The zero-order valence-corrected chi connectivity index (χ0v) is 17.6. The van der Waals surface area contributed by atoms with Gasteiger partial charge >= 0.3 is 6.03 Å². The van der Waals surface area contributed by atoms with Gasteiger partial charge in [-0.2, -0.15) is 0 Å². The number of likely N-dealkylation sites (N-methyl/N-ethyl adjacent to an activating group) is 1.